The molecule has 0 saturated heterocycles. The normalized spacial score (nSPS) is 10.7. The Bertz CT molecular complexity index is 517. The summed E-state index contributed by atoms with van der Waals surface area (Å²) in [6.07, 6.45) is 0. The number of carbonyl (C=O) groups excluding carboxylic acids is 1. The summed E-state index contributed by atoms with van der Waals surface area (Å²) in [4.78, 5) is 11.6. The second kappa shape index (κ2) is 4.35. The Labute approximate surface area is 96.8 Å². The van der Waals surface area contributed by atoms with Crippen LogP contribution in [0.5, 0.6) is 0 Å². The summed E-state index contributed by atoms with van der Waals surface area (Å²) in [5.41, 5.74) is 0.886. The number of benzene rings is 2. The van der Waals surface area contributed by atoms with Crippen LogP contribution in [0.3, 0.4) is 0 Å². The highest BCUT2D eigenvalue weighted by molar-refractivity contribution is 6.02. The molecule has 2 aromatic carbocycles. The van der Waals surface area contributed by atoms with Gasteiger partial charge in [0.1, 0.15) is 0 Å². The van der Waals surface area contributed by atoms with Crippen LogP contribution >= 0.6 is 0 Å². The zero-order valence-electron chi connectivity index (χ0n) is 9.53. The van der Waals surface area contributed by atoms with E-state index < -0.39 is 0 Å². The molecule has 0 spiro atoms. The van der Waals surface area contributed by atoms with Gasteiger partial charge in [0.2, 0.25) is 5.91 Å². The minimum Gasteiger partial charge on any atom is -0.325 e. The first kappa shape index (κ1) is 10.7. The van der Waals surface area contributed by atoms with Crippen LogP contribution in [0.4, 0.5) is 5.69 Å². The average Bonchev–Trinajstić information content (AvgIpc) is 2.29. The highest BCUT2D eigenvalue weighted by Crippen LogP contribution is 2.23. The smallest absolute Gasteiger partial charge is 0.226 e. The van der Waals surface area contributed by atoms with Crippen molar-refractivity contribution in [2.45, 2.75) is 13.8 Å². The maximum absolute atomic E-state index is 11.6. The van der Waals surface area contributed by atoms with Gasteiger partial charge in [-0.25, -0.2) is 0 Å². The van der Waals surface area contributed by atoms with Gasteiger partial charge in [0.15, 0.2) is 0 Å². The standard InChI is InChI=1S/C14H15NO.H2/c1-10(2)14(16)15-13-9-5-7-11-6-3-4-8-12(11)13;/h3-10H,1-2H3,(H,15,16);1H. The van der Waals surface area contributed by atoms with Crippen LogP contribution in [-0.2, 0) is 4.79 Å². The lowest BCUT2D eigenvalue weighted by Gasteiger charge is -2.10. The molecule has 0 unspecified atom stereocenters. The van der Waals surface area contributed by atoms with Crippen molar-refractivity contribution >= 4 is 22.4 Å². The summed E-state index contributed by atoms with van der Waals surface area (Å²) >= 11 is 0. The van der Waals surface area contributed by atoms with E-state index in [1.165, 1.54) is 0 Å². The van der Waals surface area contributed by atoms with E-state index in [2.05, 4.69) is 5.32 Å². The third kappa shape index (κ3) is 2.06. The molecule has 0 heterocycles. The summed E-state index contributed by atoms with van der Waals surface area (Å²) in [5.74, 6) is 0.0512. The van der Waals surface area contributed by atoms with Gasteiger partial charge >= 0.3 is 0 Å². The Balaban J connectivity index is 0.00000144. The van der Waals surface area contributed by atoms with Gasteiger partial charge in [0, 0.05) is 18.4 Å². The van der Waals surface area contributed by atoms with Crippen LogP contribution in [0.25, 0.3) is 10.8 Å². The van der Waals surface area contributed by atoms with Gasteiger partial charge in [-0.05, 0) is 11.5 Å². The highest BCUT2D eigenvalue weighted by atomic mass is 16.1. The van der Waals surface area contributed by atoms with Crippen LogP contribution < -0.4 is 5.32 Å². The lowest BCUT2D eigenvalue weighted by atomic mass is 10.1. The topological polar surface area (TPSA) is 29.1 Å². The molecule has 84 valence electrons. The van der Waals surface area contributed by atoms with Gasteiger partial charge in [-0.1, -0.05) is 50.2 Å². The first-order valence-electron chi connectivity index (χ1n) is 5.47. The van der Waals surface area contributed by atoms with Crippen LogP contribution in [0.1, 0.15) is 15.3 Å². The summed E-state index contributed by atoms with van der Waals surface area (Å²) in [6, 6.07) is 14.0. The van der Waals surface area contributed by atoms with Crippen molar-refractivity contribution in [3.05, 3.63) is 42.5 Å². The fraction of sp³-hybridized carbons (Fsp3) is 0.214. The maximum Gasteiger partial charge on any atom is 0.226 e. The average molecular weight is 215 g/mol. The molecule has 0 atom stereocenters. The van der Waals surface area contributed by atoms with Crippen molar-refractivity contribution in [2.24, 2.45) is 5.92 Å². The Hall–Kier alpha value is -1.83. The Morgan fingerprint density at radius 3 is 2.56 bits per heavy atom. The van der Waals surface area contributed by atoms with Gasteiger partial charge in [-0.3, -0.25) is 4.79 Å². The van der Waals surface area contributed by atoms with Crippen molar-refractivity contribution in [1.29, 1.82) is 0 Å². The summed E-state index contributed by atoms with van der Waals surface area (Å²) < 4.78 is 0. The lowest BCUT2D eigenvalue weighted by Crippen LogP contribution is -2.17. The zero-order valence-corrected chi connectivity index (χ0v) is 9.53. The lowest BCUT2D eigenvalue weighted by molar-refractivity contribution is -0.118. The molecule has 0 aliphatic heterocycles. The molecule has 2 rings (SSSR count). The van der Waals surface area contributed by atoms with Crippen LogP contribution in [-0.4, -0.2) is 5.91 Å². The van der Waals surface area contributed by atoms with E-state index in [1.807, 2.05) is 56.3 Å². The molecule has 0 fully saturated rings. The van der Waals surface area contributed by atoms with Crippen molar-refractivity contribution in [2.75, 3.05) is 5.32 Å². The first-order chi connectivity index (χ1) is 7.68. The molecule has 2 heteroatoms. The molecule has 0 saturated carbocycles. The van der Waals surface area contributed by atoms with E-state index in [9.17, 15) is 4.79 Å². The van der Waals surface area contributed by atoms with E-state index in [1.54, 1.807) is 0 Å². The molecule has 2 aromatic rings. The highest BCUT2D eigenvalue weighted by Gasteiger charge is 2.08. The number of rotatable bonds is 2. The van der Waals surface area contributed by atoms with Gasteiger partial charge in [0.25, 0.3) is 0 Å². The molecule has 2 nitrogen and oxygen atoms in total. The van der Waals surface area contributed by atoms with E-state index in [-0.39, 0.29) is 13.3 Å². The number of carbonyl (C=O) groups is 1. The summed E-state index contributed by atoms with van der Waals surface area (Å²) in [7, 11) is 0. The van der Waals surface area contributed by atoms with Gasteiger partial charge in [0.05, 0.1) is 0 Å². The van der Waals surface area contributed by atoms with Gasteiger partial charge in [-0.2, -0.15) is 0 Å². The number of hydrogen-bond acceptors (Lipinski definition) is 1. The third-order valence-corrected chi connectivity index (χ3v) is 2.57. The molecule has 1 N–H and O–H groups in total. The van der Waals surface area contributed by atoms with Crippen LogP contribution in [0.2, 0.25) is 0 Å². The Morgan fingerprint density at radius 2 is 1.81 bits per heavy atom. The quantitative estimate of drug-likeness (QED) is 0.813. The van der Waals surface area contributed by atoms with Crippen molar-refractivity contribution in [1.82, 2.24) is 0 Å². The Morgan fingerprint density at radius 1 is 1.12 bits per heavy atom. The molecule has 1 amide bonds. The molecule has 0 radical (unpaired) electrons. The molecular formula is C14H17NO. The summed E-state index contributed by atoms with van der Waals surface area (Å²) in [5, 5.41) is 5.17. The second-order valence-corrected chi connectivity index (χ2v) is 4.17. The summed E-state index contributed by atoms with van der Waals surface area (Å²) in [6.45, 7) is 3.78. The van der Waals surface area contributed by atoms with Gasteiger partial charge in [-0.15, -0.1) is 0 Å². The Kier molecular flexibility index (Phi) is 2.91. The molecule has 0 bridgehead atoms. The molecule has 0 aliphatic carbocycles. The number of nitrogens with one attached hydrogen (secondary N) is 1. The number of amides is 1. The maximum atomic E-state index is 11.6. The van der Waals surface area contributed by atoms with E-state index in [0.29, 0.717) is 0 Å². The second-order valence-electron chi connectivity index (χ2n) is 4.17. The third-order valence-electron chi connectivity index (χ3n) is 2.57. The largest absolute Gasteiger partial charge is 0.325 e. The van der Waals surface area contributed by atoms with Crippen molar-refractivity contribution in [3.8, 4) is 0 Å². The molecular weight excluding hydrogens is 198 g/mol. The molecule has 0 aromatic heterocycles. The van der Waals surface area contributed by atoms with E-state index in [0.717, 1.165) is 16.5 Å². The number of fused-ring (bicyclic) bond motifs is 1. The van der Waals surface area contributed by atoms with E-state index >= 15 is 0 Å². The monoisotopic (exact) mass is 215 g/mol. The predicted octanol–water partition coefficient (Wildman–Crippen LogP) is 3.68. The van der Waals surface area contributed by atoms with Gasteiger partial charge < -0.3 is 5.32 Å². The minimum absolute atomic E-state index is 0. The fourth-order valence-electron chi connectivity index (χ4n) is 1.61. The van der Waals surface area contributed by atoms with E-state index in [4.69, 9.17) is 0 Å². The molecule has 16 heavy (non-hydrogen) atoms. The predicted molar refractivity (Wildman–Crippen MR) is 69.5 cm³/mol. The van der Waals surface area contributed by atoms with Crippen LogP contribution in [0.15, 0.2) is 42.5 Å². The zero-order chi connectivity index (χ0) is 11.5. The van der Waals surface area contributed by atoms with Crippen LogP contribution in [0, 0.1) is 5.92 Å². The number of anilines is 1. The first-order valence-corrected chi connectivity index (χ1v) is 5.47. The fourth-order valence-corrected chi connectivity index (χ4v) is 1.61. The SMILES string of the molecule is CC(C)C(=O)Nc1cccc2ccccc12.[HH]. The minimum atomic E-state index is -0.000955. The van der Waals surface area contributed by atoms with Crippen molar-refractivity contribution in [3.63, 3.8) is 0 Å². The van der Waals surface area contributed by atoms with Crippen molar-refractivity contribution < 1.29 is 6.22 Å². The molecule has 0 aliphatic rings. The number of hydrogen-bond donors (Lipinski definition) is 1.